The topological polar surface area (TPSA) is 258 Å². The normalized spacial score (nSPS) is 9.19. The fraction of sp³-hybridized carbons (Fsp3) is 0.0909. The van der Waals surface area contributed by atoms with Crippen LogP contribution in [0.2, 0.25) is 0 Å². The summed E-state index contributed by atoms with van der Waals surface area (Å²) >= 11 is 0. The molecular weight excluding hydrogens is 714 g/mol. The molecule has 0 aliphatic heterocycles. The van der Waals surface area contributed by atoms with Crippen LogP contribution in [0, 0.1) is 0 Å². The van der Waals surface area contributed by atoms with Gasteiger partial charge in [0, 0.05) is 24.8 Å². The Morgan fingerprint density at radius 1 is 0.405 bits per heavy atom. The summed E-state index contributed by atoms with van der Waals surface area (Å²) in [6, 6.07) is 19.7. The predicted molar refractivity (Wildman–Crippen MR) is 122 cm³/mol. The number of aromatic nitrogens is 4. The molecule has 0 radical (unpaired) electrons. The summed E-state index contributed by atoms with van der Waals surface area (Å²) in [7, 11) is 0. The standard InChI is InChI=1S/2C11H10N2O2.2ClH.4H2O.Pt/c2*14-11(15,9-5-1-3-7-12-9)10-6-2-4-8-13-10;;;;;;;/h2*1-8,14-15H;2*1H;4*1H2;/q;;;;;;;;+2/p-2. The van der Waals surface area contributed by atoms with E-state index in [4.69, 9.17) is 0 Å². The maximum absolute atomic E-state index is 9.89. The van der Waals surface area contributed by atoms with Crippen molar-refractivity contribution in [1.29, 1.82) is 0 Å². The van der Waals surface area contributed by atoms with Gasteiger partial charge in [0.25, 0.3) is 11.6 Å². The van der Waals surface area contributed by atoms with Crippen LogP contribution in [0.25, 0.3) is 0 Å². The van der Waals surface area contributed by atoms with Gasteiger partial charge < -0.3 is 67.1 Å². The van der Waals surface area contributed by atoms with Gasteiger partial charge in [-0.25, -0.2) is 0 Å². The Morgan fingerprint density at radius 2 is 0.595 bits per heavy atom. The van der Waals surface area contributed by atoms with E-state index in [2.05, 4.69) is 19.9 Å². The van der Waals surface area contributed by atoms with Crippen molar-refractivity contribution in [2.45, 2.75) is 11.6 Å². The Morgan fingerprint density at radius 3 is 0.730 bits per heavy atom. The molecule has 4 rings (SSSR count). The third kappa shape index (κ3) is 11.6. The van der Waals surface area contributed by atoms with Crippen LogP contribution in [0.3, 0.4) is 0 Å². The summed E-state index contributed by atoms with van der Waals surface area (Å²) in [6.45, 7) is 0. The molecule has 0 aliphatic rings. The summed E-state index contributed by atoms with van der Waals surface area (Å²) in [5.74, 6) is -4.27. The molecule has 4 heterocycles. The Balaban J connectivity index is -0.000000155. The molecule has 0 aliphatic carbocycles. The van der Waals surface area contributed by atoms with Gasteiger partial charge in [-0.1, -0.05) is 24.3 Å². The van der Waals surface area contributed by atoms with Crippen LogP contribution in [0.4, 0.5) is 0 Å². The molecule has 0 unspecified atom stereocenters. The fourth-order valence-electron chi connectivity index (χ4n) is 2.54. The Kier molecular flexibility index (Phi) is 24.8. The minimum Gasteiger partial charge on any atom is -1.00 e. The van der Waals surface area contributed by atoms with Gasteiger partial charge in [-0.15, -0.1) is 0 Å². The van der Waals surface area contributed by atoms with Gasteiger partial charge in [-0.2, -0.15) is 0 Å². The molecule has 0 spiro atoms. The first-order chi connectivity index (χ1) is 14.4. The zero-order valence-corrected chi connectivity index (χ0v) is 22.7. The minimum atomic E-state index is -2.14. The fourth-order valence-corrected chi connectivity index (χ4v) is 2.54. The van der Waals surface area contributed by atoms with Gasteiger partial charge in [0.05, 0.1) is 0 Å². The number of hydrogen-bond acceptors (Lipinski definition) is 8. The van der Waals surface area contributed by atoms with E-state index in [-0.39, 0.29) is 90.6 Å². The van der Waals surface area contributed by atoms with E-state index >= 15 is 0 Å². The molecule has 0 atom stereocenters. The third-order valence-corrected chi connectivity index (χ3v) is 4.09. The van der Waals surface area contributed by atoms with Crippen molar-refractivity contribution in [2.24, 2.45) is 0 Å². The molecule has 0 saturated carbocycles. The van der Waals surface area contributed by atoms with Crippen molar-refractivity contribution in [2.75, 3.05) is 0 Å². The molecule has 15 heteroatoms. The van der Waals surface area contributed by atoms with E-state index in [1.54, 1.807) is 48.5 Å². The van der Waals surface area contributed by atoms with Gasteiger partial charge in [-0.05, 0) is 48.5 Å². The van der Waals surface area contributed by atoms with Crippen LogP contribution in [-0.2, 0) is 32.6 Å². The average molecular weight is 742 g/mol. The second-order valence-electron chi connectivity index (χ2n) is 6.20. The molecule has 37 heavy (non-hydrogen) atoms. The average Bonchev–Trinajstić information content (AvgIpc) is 2.82. The van der Waals surface area contributed by atoms with Crippen LogP contribution >= 0.6 is 0 Å². The molecule has 12 nitrogen and oxygen atoms in total. The van der Waals surface area contributed by atoms with Crippen molar-refractivity contribution >= 4 is 0 Å². The van der Waals surface area contributed by atoms with Crippen LogP contribution in [-0.4, -0.2) is 62.3 Å². The first-order valence-electron chi connectivity index (χ1n) is 8.98. The zero-order chi connectivity index (χ0) is 21.5. The van der Waals surface area contributed by atoms with Gasteiger partial charge in [0.15, 0.2) is 0 Å². The second kappa shape index (κ2) is 20.6. The molecule has 0 fully saturated rings. The molecule has 0 saturated heterocycles. The van der Waals surface area contributed by atoms with Crippen LogP contribution in [0.1, 0.15) is 22.8 Å². The maximum Gasteiger partial charge on any atom is 2.00 e. The molecule has 4 aromatic heterocycles. The van der Waals surface area contributed by atoms with Crippen molar-refractivity contribution in [3.8, 4) is 0 Å². The summed E-state index contributed by atoms with van der Waals surface area (Å²) in [6.07, 6.45) is 6.00. The number of pyridine rings is 4. The second-order valence-corrected chi connectivity index (χ2v) is 6.20. The van der Waals surface area contributed by atoms with E-state index < -0.39 is 11.6 Å². The van der Waals surface area contributed by atoms with Crippen molar-refractivity contribution in [3.05, 3.63) is 120 Å². The molecule has 208 valence electrons. The quantitative estimate of drug-likeness (QED) is 0.146. The predicted octanol–water partition coefficient (Wildman–Crippen LogP) is -7.97. The van der Waals surface area contributed by atoms with Crippen LogP contribution in [0.5, 0.6) is 0 Å². The minimum absolute atomic E-state index is 0. The van der Waals surface area contributed by atoms with Crippen LogP contribution < -0.4 is 24.8 Å². The molecular formula is C22H28Cl2N4O8Pt. The van der Waals surface area contributed by atoms with Crippen molar-refractivity contribution in [1.82, 2.24) is 19.9 Å². The van der Waals surface area contributed by atoms with E-state index in [0.29, 0.717) is 0 Å². The summed E-state index contributed by atoms with van der Waals surface area (Å²) < 4.78 is 0. The van der Waals surface area contributed by atoms with Crippen LogP contribution in [0.15, 0.2) is 97.6 Å². The zero-order valence-electron chi connectivity index (χ0n) is 18.9. The largest absolute Gasteiger partial charge is 2.00 e. The van der Waals surface area contributed by atoms with Gasteiger partial charge in [0.2, 0.25) is 0 Å². The maximum atomic E-state index is 9.89. The Labute approximate surface area is 239 Å². The first kappa shape index (κ1) is 44.5. The molecule has 0 bridgehead atoms. The number of hydrogen-bond donors (Lipinski definition) is 4. The Bertz CT molecular complexity index is 889. The van der Waals surface area contributed by atoms with Gasteiger partial charge >= 0.3 is 21.1 Å². The third-order valence-electron chi connectivity index (χ3n) is 4.09. The van der Waals surface area contributed by atoms with Gasteiger partial charge in [0.1, 0.15) is 22.8 Å². The number of aliphatic hydroxyl groups is 4. The molecule has 12 N–H and O–H groups in total. The van der Waals surface area contributed by atoms with Crippen molar-refractivity contribution < 1.29 is 88.2 Å². The van der Waals surface area contributed by atoms with E-state index in [1.165, 1.54) is 49.1 Å². The molecule has 4 aromatic rings. The first-order valence-corrected chi connectivity index (χ1v) is 8.98. The summed E-state index contributed by atoms with van der Waals surface area (Å²) in [5, 5.41) is 39.6. The van der Waals surface area contributed by atoms with E-state index in [9.17, 15) is 20.4 Å². The smallest absolute Gasteiger partial charge is 1.00 e. The van der Waals surface area contributed by atoms with E-state index in [0.717, 1.165) is 0 Å². The summed E-state index contributed by atoms with van der Waals surface area (Å²) in [5.41, 5.74) is 0.625. The SMILES string of the molecule is O.O.O.O.OC(O)(c1ccccn1)c1ccccn1.OC(O)(c1ccccn1)c1ccccn1.[Cl-].[Cl-].[Pt+2]. The number of nitrogens with zero attached hydrogens (tertiary/aromatic N) is 4. The molecule has 0 amide bonds. The van der Waals surface area contributed by atoms with Crippen molar-refractivity contribution in [3.63, 3.8) is 0 Å². The molecule has 0 aromatic carbocycles. The monoisotopic (exact) mass is 741 g/mol. The van der Waals surface area contributed by atoms with Gasteiger partial charge in [-0.3, -0.25) is 19.9 Å². The summed E-state index contributed by atoms with van der Waals surface area (Å²) in [4.78, 5) is 15.5. The van der Waals surface area contributed by atoms with E-state index in [1.807, 2.05) is 0 Å². The number of halogens is 2. The Hall–Kier alpha value is -2.45. The number of rotatable bonds is 4.